The Morgan fingerprint density at radius 2 is 1.50 bits per heavy atom. The minimum Gasteiger partial charge on any atom is -0.321 e. The van der Waals surface area contributed by atoms with Gasteiger partial charge in [-0.25, -0.2) is 9.07 Å². The van der Waals surface area contributed by atoms with E-state index in [1.54, 1.807) is 36.4 Å². The Morgan fingerprint density at radius 3 is 2.21 bits per heavy atom. The van der Waals surface area contributed by atoms with Crippen molar-refractivity contribution in [1.82, 2.24) is 4.68 Å². The third kappa shape index (κ3) is 5.18. The number of aryl methyl sites for hydroxylation is 1. The number of benzene rings is 3. The summed E-state index contributed by atoms with van der Waals surface area (Å²) in [6.45, 7) is 1.93. The quantitative estimate of drug-likeness (QED) is 0.272. The molecule has 10 heteroatoms. The topological polar surface area (TPSA) is 92.2 Å². The molecular formula is C24H17Br2FN4O3. The molecule has 0 radical (unpaired) electrons. The van der Waals surface area contributed by atoms with Gasteiger partial charge in [-0.3, -0.25) is 19.8 Å². The number of nitrogens with one attached hydrogen (secondary N) is 3. The van der Waals surface area contributed by atoms with Gasteiger partial charge < -0.3 is 10.6 Å². The summed E-state index contributed by atoms with van der Waals surface area (Å²) in [5.41, 5.74) is 4.49. The summed E-state index contributed by atoms with van der Waals surface area (Å²) < 4.78 is 16.6. The highest BCUT2D eigenvalue weighted by atomic mass is 79.9. The summed E-state index contributed by atoms with van der Waals surface area (Å²) >= 11 is 6.52. The van der Waals surface area contributed by atoms with E-state index in [-0.39, 0.29) is 11.4 Å². The predicted octanol–water partition coefficient (Wildman–Crippen LogP) is 5.57. The van der Waals surface area contributed by atoms with E-state index in [4.69, 9.17) is 0 Å². The number of carbonyl (C=O) groups is 3. The molecule has 0 spiro atoms. The molecular weight excluding hydrogens is 571 g/mol. The first-order valence-corrected chi connectivity index (χ1v) is 11.6. The van der Waals surface area contributed by atoms with Crippen LogP contribution in [0.15, 0.2) is 75.7 Å². The Hall–Kier alpha value is -3.50. The SMILES string of the molecule is Cc1ccc(NC(=O)c2cc3cc(Br)ccc3n2NC(=O)C(=O)Nc2ccc(Br)cc2F)cc1. The second-order valence-electron chi connectivity index (χ2n) is 7.41. The van der Waals surface area contributed by atoms with Gasteiger partial charge in [0.2, 0.25) is 0 Å². The van der Waals surface area contributed by atoms with Gasteiger partial charge in [-0.05, 0) is 61.5 Å². The Bertz CT molecular complexity index is 1430. The van der Waals surface area contributed by atoms with Gasteiger partial charge in [0.1, 0.15) is 11.5 Å². The number of anilines is 2. The first kappa shape index (κ1) is 23.7. The highest BCUT2D eigenvalue weighted by Crippen LogP contribution is 2.24. The third-order valence-corrected chi connectivity index (χ3v) is 5.89. The van der Waals surface area contributed by atoms with Crippen molar-refractivity contribution < 1.29 is 18.8 Å². The van der Waals surface area contributed by atoms with Crippen LogP contribution in [-0.2, 0) is 9.59 Å². The minimum atomic E-state index is -1.09. The maximum atomic E-state index is 14.1. The molecule has 0 bridgehead atoms. The van der Waals surface area contributed by atoms with Crippen LogP contribution in [0.1, 0.15) is 16.1 Å². The molecule has 4 rings (SSSR count). The maximum absolute atomic E-state index is 14.1. The molecule has 3 aromatic carbocycles. The lowest BCUT2D eigenvalue weighted by Gasteiger charge is -2.13. The smallest absolute Gasteiger partial charge is 0.321 e. The van der Waals surface area contributed by atoms with Gasteiger partial charge in [0.15, 0.2) is 0 Å². The van der Waals surface area contributed by atoms with Gasteiger partial charge in [-0.15, -0.1) is 0 Å². The normalized spacial score (nSPS) is 10.7. The van der Waals surface area contributed by atoms with Crippen LogP contribution in [0.2, 0.25) is 0 Å². The van der Waals surface area contributed by atoms with Crippen molar-refractivity contribution in [2.75, 3.05) is 16.1 Å². The molecule has 0 unspecified atom stereocenters. The zero-order valence-electron chi connectivity index (χ0n) is 17.7. The standard InChI is InChI=1S/C24H17Br2FN4O3/c1-13-2-6-17(7-3-13)28-22(32)21-11-14-10-15(25)5-9-20(14)31(21)30-24(34)23(33)29-19-8-4-16(26)12-18(19)27/h2-12H,1H3,(H,28,32)(H,29,33)(H,30,34). The molecule has 1 heterocycles. The van der Waals surface area contributed by atoms with E-state index in [1.807, 2.05) is 19.1 Å². The lowest BCUT2D eigenvalue weighted by Crippen LogP contribution is -2.36. The summed E-state index contributed by atoms with van der Waals surface area (Å²) in [6, 6.07) is 18.1. The zero-order valence-corrected chi connectivity index (χ0v) is 20.8. The van der Waals surface area contributed by atoms with E-state index in [2.05, 4.69) is 47.9 Å². The molecule has 0 atom stereocenters. The second-order valence-corrected chi connectivity index (χ2v) is 9.24. The Labute approximate surface area is 210 Å². The first-order valence-electron chi connectivity index (χ1n) is 9.97. The summed E-state index contributed by atoms with van der Waals surface area (Å²) in [5.74, 6) is -3.36. The van der Waals surface area contributed by atoms with E-state index in [9.17, 15) is 18.8 Å². The average Bonchev–Trinajstić information content (AvgIpc) is 3.14. The summed E-state index contributed by atoms with van der Waals surface area (Å²) in [7, 11) is 0. The number of hydrogen-bond donors (Lipinski definition) is 3. The van der Waals surface area contributed by atoms with Crippen LogP contribution in [-0.4, -0.2) is 22.4 Å². The van der Waals surface area contributed by atoms with Crippen LogP contribution < -0.4 is 16.1 Å². The molecule has 3 amide bonds. The van der Waals surface area contributed by atoms with Crippen molar-refractivity contribution in [2.24, 2.45) is 0 Å². The van der Waals surface area contributed by atoms with E-state index in [0.29, 0.717) is 21.1 Å². The first-order chi connectivity index (χ1) is 16.2. The molecule has 0 aliphatic heterocycles. The summed E-state index contributed by atoms with van der Waals surface area (Å²) in [5, 5.41) is 5.67. The van der Waals surface area contributed by atoms with E-state index in [0.717, 1.165) is 10.0 Å². The lowest BCUT2D eigenvalue weighted by atomic mass is 10.2. The number of nitrogens with zero attached hydrogens (tertiary/aromatic N) is 1. The predicted molar refractivity (Wildman–Crippen MR) is 136 cm³/mol. The van der Waals surface area contributed by atoms with E-state index >= 15 is 0 Å². The van der Waals surface area contributed by atoms with Crippen LogP contribution in [0.25, 0.3) is 10.9 Å². The van der Waals surface area contributed by atoms with Gasteiger partial charge in [0, 0.05) is 20.0 Å². The van der Waals surface area contributed by atoms with Crippen molar-refractivity contribution in [3.8, 4) is 0 Å². The number of aromatic nitrogens is 1. The Morgan fingerprint density at radius 1 is 0.824 bits per heavy atom. The summed E-state index contributed by atoms with van der Waals surface area (Å²) in [4.78, 5) is 38.1. The zero-order chi connectivity index (χ0) is 24.4. The fraction of sp³-hybridized carbons (Fsp3) is 0.0417. The molecule has 34 heavy (non-hydrogen) atoms. The number of rotatable bonds is 4. The molecule has 0 fully saturated rings. The van der Waals surface area contributed by atoms with Crippen molar-refractivity contribution in [2.45, 2.75) is 6.92 Å². The van der Waals surface area contributed by atoms with Gasteiger partial charge in [-0.1, -0.05) is 49.6 Å². The van der Waals surface area contributed by atoms with Crippen molar-refractivity contribution >= 4 is 71.9 Å². The van der Waals surface area contributed by atoms with Crippen molar-refractivity contribution in [1.29, 1.82) is 0 Å². The summed E-state index contributed by atoms with van der Waals surface area (Å²) in [6.07, 6.45) is 0. The molecule has 0 saturated carbocycles. The fourth-order valence-corrected chi connectivity index (χ4v) is 3.94. The monoisotopic (exact) mass is 586 g/mol. The maximum Gasteiger partial charge on any atom is 0.328 e. The highest BCUT2D eigenvalue weighted by molar-refractivity contribution is 9.10. The number of fused-ring (bicyclic) bond motifs is 1. The van der Waals surface area contributed by atoms with Gasteiger partial charge in [0.05, 0.1) is 11.2 Å². The molecule has 0 saturated heterocycles. The van der Waals surface area contributed by atoms with E-state index < -0.39 is 23.5 Å². The number of halogens is 3. The molecule has 7 nitrogen and oxygen atoms in total. The Kier molecular flexibility index (Phi) is 6.80. The Balaban J connectivity index is 1.62. The van der Waals surface area contributed by atoms with Crippen LogP contribution in [0, 0.1) is 12.7 Å². The van der Waals surface area contributed by atoms with Crippen LogP contribution in [0.5, 0.6) is 0 Å². The molecule has 172 valence electrons. The number of carbonyl (C=O) groups excluding carboxylic acids is 3. The van der Waals surface area contributed by atoms with Crippen molar-refractivity contribution in [3.63, 3.8) is 0 Å². The van der Waals surface area contributed by atoms with Gasteiger partial charge in [0.25, 0.3) is 5.91 Å². The number of amides is 3. The third-order valence-electron chi connectivity index (χ3n) is 4.90. The lowest BCUT2D eigenvalue weighted by molar-refractivity contribution is -0.133. The molecule has 0 aliphatic carbocycles. The molecule has 1 aromatic heterocycles. The second kappa shape index (κ2) is 9.78. The molecule has 4 aromatic rings. The van der Waals surface area contributed by atoms with Crippen LogP contribution in [0.4, 0.5) is 15.8 Å². The van der Waals surface area contributed by atoms with E-state index in [1.165, 1.54) is 22.9 Å². The molecule has 3 N–H and O–H groups in total. The van der Waals surface area contributed by atoms with Gasteiger partial charge in [-0.2, -0.15) is 0 Å². The van der Waals surface area contributed by atoms with Crippen LogP contribution in [0.3, 0.4) is 0 Å². The van der Waals surface area contributed by atoms with Crippen molar-refractivity contribution in [3.05, 3.63) is 92.8 Å². The number of hydrogen-bond acceptors (Lipinski definition) is 3. The average molecular weight is 588 g/mol. The largest absolute Gasteiger partial charge is 0.328 e. The van der Waals surface area contributed by atoms with Gasteiger partial charge >= 0.3 is 11.8 Å². The van der Waals surface area contributed by atoms with Crippen LogP contribution >= 0.6 is 31.9 Å². The fourth-order valence-electron chi connectivity index (χ4n) is 3.23. The molecule has 0 aliphatic rings. The minimum absolute atomic E-state index is 0.102. The highest BCUT2D eigenvalue weighted by Gasteiger charge is 2.22.